The topological polar surface area (TPSA) is 102 Å². The first-order valence-electron chi connectivity index (χ1n) is 7.07. The molecule has 6 nitrogen and oxygen atoms in total. The van der Waals surface area contributed by atoms with E-state index in [1.807, 2.05) is 5.38 Å². The summed E-state index contributed by atoms with van der Waals surface area (Å²) in [5.74, 6) is 0.290. The van der Waals surface area contributed by atoms with Gasteiger partial charge in [0.1, 0.15) is 0 Å². The predicted octanol–water partition coefficient (Wildman–Crippen LogP) is 2.16. The SMILES string of the molecule is NS(=O)(=O)c1ccc2c(c1)C(=Cc1csc(C3CC3)n1)C(=O)N2. The number of hydrogen-bond donors (Lipinski definition) is 2. The lowest BCUT2D eigenvalue weighted by molar-refractivity contribution is -0.110. The molecule has 0 bridgehead atoms. The molecule has 3 N–H and O–H groups in total. The Morgan fingerprint density at radius 1 is 1.35 bits per heavy atom. The van der Waals surface area contributed by atoms with E-state index in [0.29, 0.717) is 22.7 Å². The van der Waals surface area contributed by atoms with E-state index in [2.05, 4.69) is 10.3 Å². The zero-order chi connectivity index (χ0) is 16.2. The molecule has 0 saturated heterocycles. The third-order valence-electron chi connectivity index (χ3n) is 3.86. The lowest BCUT2D eigenvalue weighted by Crippen LogP contribution is -2.12. The molecule has 23 heavy (non-hydrogen) atoms. The minimum absolute atomic E-state index is 0.0180. The Morgan fingerprint density at radius 3 is 2.83 bits per heavy atom. The normalized spacial score (nSPS) is 19.0. The van der Waals surface area contributed by atoms with Crippen LogP contribution in [0, 0.1) is 0 Å². The summed E-state index contributed by atoms with van der Waals surface area (Å²) >= 11 is 1.59. The number of aromatic nitrogens is 1. The fourth-order valence-electron chi connectivity index (χ4n) is 2.52. The number of thiazole rings is 1. The van der Waals surface area contributed by atoms with Gasteiger partial charge in [-0.1, -0.05) is 0 Å². The number of nitrogens with two attached hydrogens (primary N) is 1. The third-order valence-corrected chi connectivity index (χ3v) is 5.80. The fourth-order valence-corrected chi connectivity index (χ4v) is 4.01. The predicted molar refractivity (Wildman–Crippen MR) is 88.4 cm³/mol. The van der Waals surface area contributed by atoms with E-state index in [1.54, 1.807) is 23.5 Å². The lowest BCUT2D eigenvalue weighted by Gasteiger charge is -2.02. The first kappa shape index (κ1) is 14.6. The molecule has 1 amide bonds. The minimum atomic E-state index is -3.82. The van der Waals surface area contributed by atoms with Gasteiger partial charge in [0.25, 0.3) is 5.91 Å². The number of rotatable bonds is 3. The Bertz CT molecular complexity index is 956. The van der Waals surface area contributed by atoms with Gasteiger partial charge in [-0.15, -0.1) is 11.3 Å². The summed E-state index contributed by atoms with van der Waals surface area (Å²) in [6.07, 6.45) is 4.03. The lowest BCUT2D eigenvalue weighted by atomic mass is 10.1. The number of carbonyl (C=O) groups is 1. The average Bonchev–Trinajstić information content (AvgIpc) is 3.15. The van der Waals surface area contributed by atoms with Crippen molar-refractivity contribution in [3.05, 3.63) is 39.8 Å². The number of fused-ring (bicyclic) bond motifs is 1. The van der Waals surface area contributed by atoms with E-state index in [0.717, 1.165) is 10.7 Å². The van der Waals surface area contributed by atoms with Crippen molar-refractivity contribution in [3.8, 4) is 0 Å². The summed E-state index contributed by atoms with van der Waals surface area (Å²) < 4.78 is 23.0. The molecule has 1 saturated carbocycles. The number of nitrogens with one attached hydrogen (secondary N) is 1. The molecule has 0 unspecified atom stereocenters. The van der Waals surface area contributed by atoms with Crippen LogP contribution in [-0.4, -0.2) is 19.3 Å². The van der Waals surface area contributed by atoms with E-state index in [4.69, 9.17) is 5.14 Å². The summed E-state index contributed by atoms with van der Waals surface area (Å²) in [6, 6.07) is 4.35. The Hall–Kier alpha value is -2.03. The highest BCUT2D eigenvalue weighted by Crippen LogP contribution is 2.42. The Morgan fingerprint density at radius 2 is 2.13 bits per heavy atom. The van der Waals surface area contributed by atoms with Crippen molar-refractivity contribution in [2.75, 3.05) is 5.32 Å². The molecule has 1 aliphatic heterocycles. The quantitative estimate of drug-likeness (QED) is 0.831. The first-order chi connectivity index (χ1) is 10.9. The van der Waals surface area contributed by atoms with Crippen LogP contribution in [-0.2, 0) is 14.8 Å². The van der Waals surface area contributed by atoms with E-state index in [9.17, 15) is 13.2 Å². The number of sulfonamides is 1. The summed E-state index contributed by atoms with van der Waals surface area (Å²) in [4.78, 5) is 16.7. The number of primary sulfonamides is 1. The van der Waals surface area contributed by atoms with Crippen LogP contribution in [0.15, 0.2) is 28.5 Å². The molecule has 0 atom stereocenters. The van der Waals surface area contributed by atoms with Gasteiger partial charge in [-0.25, -0.2) is 18.5 Å². The Balaban J connectivity index is 1.77. The maximum Gasteiger partial charge on any atom is 0.256 e. The molecular weight excluding hydrogens is 334 g/mol. The number of anilines is 1. The number of carbonyl (C=O) groups excluding carboxylic acids is 1. The van der Waals surface area contributed by atoms with Crippen molar-refractivity contribution >= 4 is 44.6 Å². The van der Waals surface area contributed by atoms with Crippen molar-refractivity contribution in [2.24, 2.45) is 5.14 Å². The zero-order valence-corrected chi connectivity index (χ0v) is 13.6. The molecule has 1 aromatic carbocycles. The standard InChI is InChI=1S/C15H13N3O3S2/c16-23(20,21)10-3-4-13-11(6-10)12(14(19)18-13)5-9-7-22-15(17-9)8-1-2-8/h3-8H,1-2H2,(H,18,19)(H2,16,20,21). The second-order valence-corrected chi connectivity index (χ2v) is 8.10. The molecule has 1 aromatic heterocycles. The van der Waals surface area contributed by atoms with Crippen molar-refractivity contribution in [3.63, 3.8) is 0 Å². The molecule has 1 aliphatic carbocycles. The highest BCUT2D eigenvalue weighted by Gasteiger charge is 2.28. The Labute approximate surface area is 137 Å². The molecule has 1 fully saturated rings. The van der Waals surface area contributed by atoms with Crippen molar-refractivity contribution in [1.82, 2.24) is 4.98 Å². The molecule has 118 valence electrons. The highest BCUT2D eigenvalue weighted by molar-refractivity contribution is 7.89. The van der Waals surface area contributed by atoms with Gasteiger partial charge in [-0.05, 0) is 37.1 Å². The summed E-state index contributed by atoms with van der Waals surface area (Å²) in [6.45, 7) is 0. The van der Waals surface area contributed by atoms with Gasteiger partial charge < -0.3 is 5.32 Å². The number of hydrogen-bond acceptors (Lipinski definition) is 5. The van der Waals surface area contributed by atoms with Crippen LogP contribution in [0.1, 0.15) is 35.0 Å². The van der Waals surface area contributed by atoms with Crippen LogP contribution in [0.25, 0.3) is 11.6 Å². The molecule has 2 aliphatic rings. The summed E-state index contributed by atoms with van der Waals surface area (Å²) in [5, 5.41) is 10.9. The first-order valence-corrected chi connectivity index (χ1v) is 9.50. The van der Waals surface area contributed by atoms with Gasteiger partial charge in [-0.3, -0.25) is 4.79 Å². The monoisotopic (exact) mass is 347 g/mol. The number of nitrogens with zero attached hydrogens (tertiary/aromatic N) is 1. The van der Waals surface area contributed by atoms with Crippen LogP contribution in [0.3, 0.4) is 0 Å². The maximum atomic E-state index is 12.2. The third kappa shape index (κ3) is 2.69. The van der Waals surface area contributed by atoms with Gasteiger partial charge in [0.2, 0.25) is 10.0 Å². The number of amides is 1. The van der Waals surface area contributed by atoms with Crippen LogP contribution >= 0.6 is 11.3 Å². The number of benzene rings is 1. The molecule has 2 aromatic rings. The van der Waals surface area contributed by atoms with Crippen LogP contribution < -0.4 is 10.5 Å². The van der Waals surface area contributed by atoms with Gasteiger partial charge in [-0.2, -0.15) is 0 Å². The molecule has 2 heterocycles. The largest absolute Gasteiger partial charge is 0.321 e. The van der Waals surface area contributed by atoms with Crippen molar-refractivity contribution in [2.45, 2.75) is 23.7 Å². The molecular formula is C15H13N3O3S2. The van der Waals surface area contributed by atoms with E-state index >= 15 is 0 Å². The molecule has 0 spiro atoms. The highest BCUT2D eigenvalue weighted by atomic mass is 32.2. The summed E-state index contributed by atoms with van der Waals surface area (Å²) in [5.41, 5.74) is 2.22. The van der Waals surface area contributed by atoms with Crippen LogP contribution in [0.2, 0.25) is 0 Å². The van der Waals surface area contributed by atoms with Gasteiger partial charge in [0.05, 0.1) is 21.2 Å². The van der Waals surface area contributed by atoms with Gasteiger partial charge in [0.15, 0.2) is 0 Å². The Kier molecular flexibility index (Phi) is 3.15. The minimum Gasteiger partial charge on any atom is -0.321 e. The van der Waals surface area contributed by atoms with Crippen molar-refractivity contribution in [1.29, 1.82) is 0 Å². The smallest absolute Gasteiger partial charge is 0.256 e. The fraction of sp³-hybridized carbons (Fsp3) is 0.200. The maximum absolute atomic E-state index is 12.2. The van der Waals surface area contributed by atoms with Crippen molar-refractivity contribution < 1.29 is 13.2 Å². The van der Waals surface area contributed by atoms with Gasteiger partial charge >= 0.3 is 0 Å². The molecule has 8 heteroatoms. The van der Waals surface area contributed by atoms with Crippen LogP contribution in [0.5, 0.6) is 0 Å². The van der Waals surface area contributed by atoms with Crippen LogP contribution in [0.4, 0.5) is 5.69 Å². The molecule has 0 radical (unpaired) electrons. The zero-order valence-electron chi connectivity index (χ0n) is 11.9. The van der Waals surface area contributed by atoms with E-state index in [1.165, 1.54) is 25.0 Å². The second-order valence-electron chi connectivity index (χ2n) is 5.65. The second kappa shape index (κ2) is 4.98. The molecule has 4 rings (SSSR count). The van der Waals surface area contributed by atoms with E-state index < -0.39 is 10.0 Å². The van der Waals surface area contributed by atoms with E-state index in [-0.39, 0.29) is 10.8 Å². The summed E-state index contributed by atoms with van der Waals surface area (Å²) in [7, 11) is -3.82. The average molecular weight is 347 g/mol. The van der Waals surface area contributed by atoms with Gasteiger partial charge in [0, 0.05) is 22.5 Å².